The largest absolute Gasteiger partial charge is 0.440 e. The highest BCUT2D eigenvalue weighted by molar-refractivity contribution is 6.31. The Bertz CT molecular complexity index is 1000. The predicted octanol–water partition coefficient (Wildman–Crippen LogP) is 2.87. The van der Waals surface area contributed by atoms with Crippen LogP contribution in [0.1, 0.15) is 46.4 Å². The summed E-state index contributed by atoms with van der Waals surface area (Å²) in [4.78, 5) is 19.4. The lowest BCUT2D eigenvalue weighted by Gasteiger charge is -2.30. The van der Waals surface area contributed by atoms with Gasteiger partial charge >= 0.3 is 0 Å². The molecule has 1 fully saturated rings. The molecule has 0 saturated carbocycles. The number of amides is 1. The number of likely N-dealkylation sites (tertiary alicyclic amines) is 1. The summed E-state index contributed by atoms with van der Waals surface area (Å²) >= 11 is 6.03. The molecule has 5 rings (SSSR count). The molecule has 140 valence electrons. The Labute approximate surface area is 161 Å². The summed E-state index contributed by atoms with van der Waals surface area (Å²) in [5.41, 5.74) is 4.20. The Morgan fingerprint density at radius 2 is 2.15 bits per heavy atom. The molecule has 0 aliphatic carbocycles. The second-order valence-corrected chi connectivity index (χ2v) is 7.62. The van der Waals surface area contributed by atoms with Crippen molar-refractivity contribution in [1.29, 1.82) is 0 Å². The third-order valence-electron chi connectivity index (χ3n) is 5.51. The van der Waals surface area contributed by atoms with E-state index in [1.165, 1.54) is 0 Å². The quantitative estimate of drug-likeness (QED) is 0.708. The average Bonchev–Trinajstić information content (AvgIpc) is 3.31. The Hall–Kier alpha value is -2.38. The van der Waals surface area contributed by atoms with Crippen molar-refractivity contribution in [3.05, 3.63) is 46.1 Å². The molecule has 0 bridgehead atoms. The van der Waals surface area contributed by atoms with Gasteiger partial charge in [-0.1, -0.05) is 11.6 Å². The van der Waals surface area contributed by atoms with Crippen LogP contribution in [0.2, 0.25) is 5.02 Å². The summed E-state index contributed by atoms with van der Waals surface area (Å²) in [5.74, 6) is 0.967. The number of nitrogens with zero attached hydrogens (tertiary/aromatic N) is 3. The van der Waals surface area contributed by atoms with Crippen LogP contribution in [0.3, 0.4) is 0 Å². The third-order valence-corrected chi connectivity index (χ3v) is 5.74. The van der Waals surface area contributed by atoms with Gasteiger partial charge in [0.05, 0.1) is 0 Å². The van der Waals surface area contributed by atoms with Crippen LogP contribution in [0.25, 0.3) is 11.1 Å². The van der Waals surface area contributed by atoms with Crippen molar-refractivity contribution in [2.24, 2.45) is 0 Å². The van der Waals surface area contributed by atoms with E-state index in [1.54, 1.807) is 6.07 Å². The van der Waals surface area contributed by atoms with Gasteiger partial charge in [0.25, 0.3) is 5.91 Å². The summed E-state index contributed by atoms with van der Waals surface area (Å²) in [6, 6.07) is 5.47. The van der Waals surface area contributed by atoms with Gasteiger partial charge in [-0.2, -0.15) is 5.10 Å². The summed E-state index contributed by atoms with van der Waals surface area (Å²) in [6.07, 6.45) is 2.55. The van der Waals surface area contributed by atoms with E-state index >= 15 is 0 Å². The van der Waals surface area contributed by atoms with Crippen LogP contribution in [-0.4, -0.2) is 45.6 Å². The van der Waals surface area contributed by atoms with E-state index in [4.69, 9.17) is 16.0 Å². The highest BCUT2D eigenvalue weighted by Gasteiger charge is 2.30. The number of hydrogen-bond donors (Lipinski definition) is 2. The molecule has 2 N–H and O–H groups in total. The summed E-state index contributed by atoms with van der Waals surface area (Å²) in [5, 5.41) is 11.3. The van der Waals surface area contributed by atoms with E-state index in [0.29, 0.717) is 30.4 Å². The topological polar surface area (TPSA) is 87.0 Å². The number of fused-ring (bicyclic) bond motifs is 2. The minimum Gasteiger partial charge on any atom is -0.440 e. The van der Waals surface area contributed by atoms with Crippen LogP contribution in [0.4, 0.5) is 0 Å². The Morgan fingerprint density at radius 1 is 1.30 bits per heavy atom. The Kier molecular flexibility index (Phi) is 4.13. The van der Waals surface area contributed by atoms with Gasteiger partial charge in [-0.25, -0.2) is 4.98 Å². The number of carbonyl (C=O) groups is 1. The molecule has 0 atom stereocenters. The first kappa shape index (κ1) is 16.8. The molecule has 2 aliphatic heterocycles. The Morgan fingerprint density at radius 3 is 3.00 bits per heavy atom. The zero-order valence-corrected chi connectivity index (χ0v) is 15.6. The molecule has 1 amide bonds. The maximum Gasteiger partial charge on any atom is 0.274 e. The van der Waals surface area contributed by atoms with E-state index < -0.39 is 0 Å². The van der Waals surface area contributed by atoms with E-state index in [1.807, 2.05) is 17.0 Å². The Balaban J connectivity index is 1.29. The second kappa shape index (κ2) is 6.65. The van der Waals surface area contributed by atoms with E-state index in [2.05, 4.69) is 20.5 Å². The van der Waals surface area contributed by atoms with Crippen molar-refractivity contribution in [3.8, 4) is 0 Å². The van der Waals surface area contributed by atoms with Crippen LogP contribution in [-0.2, 0) is 13.0 Å². The minimum atomic E-state index is 0.0130. The van der Waals surface area contributed by atoms with Crippen LogP contribution in [0.5, 0.6) is 0 Å². The molecule has 0 spiro atoms. The summed E-state index contributed by atoms with van der Waals surface area (Å²) < 4.78 is 5.91. The van der Waals surface area contributed by atoms with Crippen molar-refractivity contribution >= 4 is 28.6 Å². The van der Waals surface area contributed by atoms with Gasteiger partial charge < -0.3 is 14.6 Å². The maximum absolute atomic E-state index is 12.9. The fraction of sp³-hybridized carbons (Fsp3) is 0.421. The molecule has 0 radical (unpaired) electrons. The highest BCUT2D eigenvalue weighted by atomic mass is 35.5. The lowest BCUT2D eigenvalue weighted by Crippen LogP contribution is -2.39. The molecule has 27 heavy (non-hydrogen) atoms. The van der Waals surface area contributed by atoms with Gasteiger partial charge in [0.15, 0.2) is 17.2 Å². The molecule has 1 saturated heterocycles. The fourth-order valence-electron chi connectivity index (χ4n) is 3.97. The number of rotatable bonds is 2. The normalized spacial score (nSPS) is 18.0. The standard InChI is InChI=1S/C19H20ClN5O2/c20-12-1-2-16-15(9-12)22-18(27-16)11-4-7-25(8-5-11)19(26)17-13-10-21-6-3-14(13)23-24-17/h1-2,9,11,21H,3-8,10H2,(H,23,24). The third kappa shape index (κ3) is 3.00. The number of benzene rings is 1. The molecular weight excluding hydrogens is 366 g/mol. The predicted molar refractivity (Wildman–Crippen MR) is 101 cm³/mol. The number of halogens is 1. The number of oxazole rings is 1. The minimum absolute atomic E-state index is 0.0130. The zero-order valence-electron chi connectivity index (χ0n) is 14.8. The lowest BCUT2D eigenvalue weighted by atomic mass is 9.96. The number of H-pyrrole nitrogens is 1. The van der Waals surface area contributed by atoms with Crippen LogP contribution in [0, 0.1) is 0 Å². The molecule has 1 aromatic carbocycles. The average molecular weight is 386 g/mol. The first-order chi connectivity index (χ1) is 13.2. The number of carbonyl (C=O) groups excluding carboxylic acids is 1. The number of aromatic amines is 1. The molecule has 0 unspecified atom stereocenters. The number of hydrogen-bond acceptors (Lipinski definition) is 5. The molecule has 4 heterocycles. The van der Waals surface area contributed by atoms with Crippen molar-refractivity contribution in [1.82, 2.24) is 25.4 Å². The molecular formula is C19H20ClN5O2. The molecule has 2 aliphatic rings. The van der Waals surface area contributed by atoms with Gasteiger partial charge in [0.1, 0.15) is 5.52 Å². The van der Waals surface area contributed by atoms with Gasteiger partial charge in [0, 0.05) is 54.8 Å². The van der Waals surface area contributed by atoms with E-state index in [-0.39, 0.29) is 11.8 Å². The second-order valence-electron chi connectivity index (χ2n) is 7.19. The van der Waals surface area contributed by atoms with Gasteiger partial charge in [-0.05, 0) is 31.0 Å². The highest BCUT2D eigenvalue weighted by Crippen LogP contribution is 2.31. The number of aromatic nitrogens is 3. The lowest BCUT2D eigenvalue weighted by molar-refractivity contribution is 0.0699. The summed E-state index contributed by atoms with van der Waals surface area (Å²) in [7, 11) is 0. The van der Waals surface area contributed by atoms with Crippen LogP contribution >= 0.6 is 11.6 Å². The number of piperidine rings is 1. The van der Waals surface area contributed by atoms with E-state index in [0.717, 1.165) is 54.1 Å². The van der Waals surface area contributed by atoms with Crippen molar-refractivity contribution in [2.75, 3.05) is 19.6 Å². The summed E-state index contributed by atoms with van der Waals surface area (Å²) in [6.45, 7) is 2.98. The molecule has 2 aromatic heterocycles. The monoisotopic (exact) mass is 385 g/mol. The van der Waals surface area contributed by atoms with Gasteiger partial charge in [0.2, 0.25) is 0 Å². The zero-order chi connectivity index (χ0) is 18.4. The maximum atomic E-state index is 12.9. The van der Waals surface area contributed by atoms with Crippen LogP contribution < -0.4 is 5.32 Å². The smallest absolute Gasteiger partial charge is 0.274 e. The van der Waals surface area contributed by atoms with Crippen molar-refractivity contribution in [2.45, 2.75) is 31.7 Å². The molecule has 8 heteroatoms. The molecule has 7 nitrogen and oxygen atoms in total. The van der Waals surface area contributed by atoms with Crippen LogP contribution in [0.15, 0.2) is 22.6 Å². The van der Waals surface area contributed by atoms with Crippen molar-refractivity contribution < 1.29 is 9.21 Å². The van der Waals surface area contributed by atoms with Crippen molar-refractivity contribution in [3.63, 3.8) is 0 Å². The SMILES string of the molecule is O=C(c1n[nH]c2c1CNCC2)N1CCC(c2nc3cc(Cl)ccc3o2)CC1. The van der Waals surface area contributed by atoms with Gasteiger partial charge in [-0.3, -0.25) is 9.89 Å². The van der Waals surface area contributed by atoms with E-state index in [9.17, 15) is 4.79 Å². The molecule has 3 aromatic rings. The first-order valence-corrected chi connectivity index (χ1v) is 9.69. The van der Waals surface area contributed by atoms with Gasteiger partial charge in [-0.15, -0.1) is 0 Å². The first-order valence-electron chi connectivity index (χ1n) is 9.31. The fourth-order valence-corrected chi connectivity index (χ4v) is 4.14. The number of nitrogens with one attached hydrogen (secondary N) is 2.